The van der Waals surface area contributed by atoms with Crippen LogP contribution < -0.4 is 4.90 Å². The Hall–Kier alpha value is -3.19. The predicted molar refractivity (Wildman–Crippen MR) is 111 cm³/mol. The van der Waals surface area contributed by atoms with Gasteiger partial charge in [0.05, 0.1) is 50.1 Å². The number of rotatable bonds is 5. The molecule has 1 amide bonds. The molecule has 4 rings (SSSR count). The van der Waals surface area contributed by atoms with Gasteiger partial charge in [0.25, 0.3) is 5.91 Å². The van der Waals surface area contributed by atoms with Crippen molar-refractivity contribution >= 4 is 22.8 Å². The van der Waals surface area contributed by atoms with Crippen LogP contribution in [0.3, 0.4) is 0 Å². The number of para-hydroxylation sites is 1. The van der Waals surface area contributed by atoms with Gasteiger partial charge >= 0.3 is 5.97 Å². The number of nitrogens with one attached hydrogen (secondary N) is 1. The molecule has 0 bridgehead atoms. The van der Waals surface area contributed by atoms with E-state index in [1.165, 1.54) is 11.2 Å². The molecule has 1 aliphatic heterocycles. The highest BCUT2D eigenvalue weighted by Gasteiger charge is 2.28. The predicted octanol–water partition coefficient (Wildman–Crippen LogP) is 1.85. The molecular formula is C23H26N3O4+. The maximum atomic E-state index is 12.7. The molecule has 0 spiro atoms. The van der Waals surface area contributed by atoms with Gasteiger partial charge in [0, 0.05) is 5.39 Å². The number of piperazine rings is 1. The number of aryl methyl sites for hydroxylation is 1. The lowest BCUT2D eigenvalue weighted by Crippen LogP contribution is -3.13. The number of pyridine rings is 1. The van der Waals surface area contributed by atoms with E-state index in [0.29, 0.717) is 37.6 Å². The number of fused-ring (bicyclic) bond motifs is 1. The molecule has 3 heterocycles. The fourth-order valence-electron chi connectivity index (χ4n) is 4.04. The zero-order valence-electron chi connectivity index (χ0n) is 17.3. The van der Waals surface area contributed by atoms with Gasteiger partial charge in [-0.25, -0.2) is 9.78 Å². The Balaban J connectivity index is 1.54. The van der Waals surface area contributed by atoms with Crippen molar-refractivity contribution in [1.29, 1.82) is 0 Å². The molecule has 0 atom stereocenters. The quantitative estimate of drug-likeness (QED) is 0.652. The van der Waals surface area contributed by atoms with Crippen LogP contribution in [0, 0.1) is 6.92 Å². The van der Waals surface area contributed by atoms with Crippen molar-refractivity contribution < 1.29 is 23.6 Å². The van der Waals surface area contributed by atoms with E-state index in [1.807, 2.05) is 43.0 Å². The Kier molecular flexibility index (Phi) is 5.81. The van der Waals surface area contributed by atoms with Crippen LogP contribution in [-0.4, -0.2) is 54.5 Å². The zero-order valence-corrected chi connectivity index (χ0v) is 17.3. The van der Waals surface area contributed by atoms with Crippen molar-refractivity contribution in [3.05, 3.63) is 65.2 Å². The first-order valence-corrected chi connectivity index (χ1v) is 10.3. The summed E-state index contributed by atoms with van der Waals surface area (Å²) < 4.78 is 10.6. The summed E-state index contributed by atoms with van der Waals surface area (Å²) >= 11 is 0. The van der Waals surface area contributed by atoms with Gasteiger partial charge in [-0.05, 0) is 37.6 Å². The third-order valence-electron chi connectivity index (χ3n) is 5.61. The van der Waals surface area contributed by atoms with E-state index < -0.39 is 0 Å². The van der Waals surface area contributed by atoms with Crippen molar-refractivity contribution in [2.75, 3.05) is 32.8 Å². The molecule has 0 radical (unpaired) electrons. The number of carbonyl (C=O) groups is 2. The highest BCUT2D eigenvalue weighted by Crippen LogP contribution is 2.23. The highest BCUT2D eigenvalue weighted by atomic mass is 16.5. The molecule has 2 aromatic heterocycles. The van der Waals surface area contributed by atoms with E-state index in [1.54, 1.807) is 12.1 Å². The summed E-state index contributed by atoms with van der Waals surface area (Å²) in [5.41, 5.74) is 3.10. The molecule has 1 N–H and O–H groups in total. The third-order valence-corrected chi connectivity index (χ3v) is 5.61. The Bertz CT molecular complexity index is 1050. The van der Waals surface area contributed by atoms with Gasteiger partial charge in [-0.1, -0.05) is 18.2 Å². The molecule has 0 aliphatic carbocycles. The number of aromatic nitrogens is 1. The van der Waals surface area contributed by atoms with E-state index >= 15 is 0 Å². The molecule has 7 nitrogen and oxygen atoms in total. The summed E-state index contributed by atoms with van der Waals surface area (Å²) in [6.45, 7) is 7.53. The van der Waals surface area contributed by atoms with Gasteiger partial charge in [-0.15, -0.1) is 0 Å². The van der Waals surface area contributed by atoms with Crippen LogP contribution >= 0.6 is 0 Å². The molecule has 7 heteroatoms. The number of quaternary nitrogens is 1. The highest BCUT2D eigenvalue weighted by molar-refractivity contribution is 5.98. The number of amides is 1. The molecule has 1 aromatic carbocycles. The summed E-state index contributed by atoms with van der Waals surface area (Å²) in [4.78, 5) is 33.1. The van der Waals surface area contributed by atoms with Crippen LogP contribution in [0.5, 0.6) is 0 Å². The number of benzene rings is 1. The van der Waals surface area contributed by atoms with Crippen molar-refractivity contribution in [2.24, 2.45) is 0 Å². The van der Waals surface area contributed by atoms with E-state index in [2.05, 4.69) is 0 Å². The minimum atomic E-state index is -0.325. The van der Waals surface area contributed by atoms with Crippen LogP contribution in [0.25, 0.3) is 10.9 Å². The summed E-state index contributed by atoms with van der Waals surface area (Å²) in [6.07, 6.45) is 1.51. The molecule has 0 saturated carbocycles. The largest absolute Gasteiger partial charge is 0.462 e. The summed E-state index contributed by atoms with van der Waals surface area (Å²) in [7, 11) is 0. The van der Waals surface area contributed by atoms with E-state index in [0.717, 1.165) is 35.2 Å². The second kappa shape index (κ2) is 8.67. The van der Waals surface area contributed by atoms with Gasteiger partial charge < -0.3 is 19.0 Å². The molecule has 0 unspecified atom stereocenters. The van der Waals surface area contributed by atoms with Crippen LogP contribution in [0.15, 0.2) is 47.1 Å². The van der Waals surface area contributed by atoms with Gasteiger partial charge in [0.1, 0.15) is 12.2 Å². The smallest absolute Gasteiger partial charge is 0.340 e. The number of hydrogen-bond donors (Lipinski definition) is 1. The van der Waals surface area contributed by atoms with Crippen LogP contribution in [0.4, 0.5) is 0 Å². The Morgan fingerprint density at radius 2 is 1.93 bits per heavy atom. The maximum absolute atomic E-state index is 12.7. The Labute approximate surface area is 175 Å². The number of ether oxygens (including phenoxy) is 1. The number of hydrogen-bond acceptors (Lipinski definition) is 5. The van der Waals surface area contributed by atoms with E-state index in [9.17, 15) is 9.59 Å². The Morgan fingerprint density at radius 3 is 2.63 bits per heavy atom. The van der Waals surface area contributed by atoms with Crippen LogP contribution in [0.1, 0.15) is 39.1 Å². The molecule has 1 aliphatic rings. The minimum absolute atomic E-state index is 0.0778. The van der Waals surface area contributed by atoms with Crippen LogP contribution in [0.2, 0.25) is 0 Å². The molecule has 1 fully saturated rings. The van der Waals surface area contributed by atoms with E-state index in [4.69, 9.17) is 14.1 Å². The molecule has 3 aromatic rings. The molecular weight excluding hydrogens is 382 g/mol. The van der Waals surface area contributed by atoms with Crippen molar-refractivity contribution in [3.8, 4) is 0 Å². The zero-order chi connectivity index (χ0) is 21.1. The molecule has 1 saturated heterocycles. The number of carbonyl (C=O) groups excluding carboxylic acids is 2. The average Bonchev–Trinajstić information content (AvgIpc) is 3.29. The second-order valence-electron chi connectivity index (χ2n) is 7.49. The maximum Gasteiger partial charge on any atom is 0.340 e. The summed E-state index contributed by atoms with van der Waals surface area (Å²) in [5.74, 6) is -0.0323. The topological polar surface area (TPSA) is 77.1 Å². The lowest BCUT2D eigenvalue weighted by Gasteiger charge is -2.32. The number of esters is 1. The fourth-order valence-corrected chi connectivity index (χ4v) is 4.04. The van der Waals surface area contributed by atoms with Gasteiger partial charge in [-0.3, -0.25) is 4.79 Å². The first kappa shape index (κ1) is 20.1. The van der Waals surface area contributed by atoms with Crippen molar-refractivity contribution in [1.82, 2.24) is 9.88 Å². The normalized spacial score (nSPS) is 14.8. The summed E-state index contributed by atoms with van der Waals surface area (Å²) in [6, 6.07) is 11.3. The summed E-state index contributed by atoms with van der Waals surface area (Å²) in [5, 5.41) is 0.966. The lowest BCUT2D eigenvalue weighted by molar-refractivity contribution is -0.917. The SMILES string of the molecule is CCOC(=O)c1c(C[NH+]2CCN(C(=O)c3ccco3)CC2)nc2ccccc2c1C. The number of nitrogens with zero attached hydrogens (tertiary/aromatic N) is 2. The van der Waals surface area contributed by atoms with E-state index in [-0.39, 0.29) is 11.9 Å². The average molecular weight is 408 g/mol. The second-order valence-corrected chi connectivity index (χ2v) is 7.49. The minimum Gasteiger partial charge on any atom is -0.462 e. The van der Waals surface area contributed by atoms with Crippen molar-refractivity contribution in [2.45, 2.75) is 20.4 Å². The standard InChI is InChI=1S/C23H25N3O4/c1-3-29-23(28)21-16(2)17-7-4-5-8-18(17)24-19(21)15-25-10-12-26(13-11-25)22(27)20-9-6-14-30-20/h4-9,14H,3,10-13,15H2,1-2H3/p+1. The monoisotopic (exact) mass is 408 g/mol. The first-order valence-electron chi connectivity index (χ1n) is 10.3. The molecule has 30 heavy (non-hydrogen) atoms. The van der Waals surface area contributed by atoms with Gasteiger partial charge in [-0.2, -0.15) is 0 Å². The Morgan fingerprint density at radius 1 is 1.17 bits per heavy atom. The van der Waals surface area contributed by atoms with Gasteiger partial charge in [0.15, 0.2) is 5.76 Å². The van der Waals surface area contributed by atoms with Crippen molar-refractivity contribution in [3.63, 3.8) is 0 Å². The third kappa shape index (κ3) is 3.93. The number of furan rings is 1. The lowest BCUT2D eigenvalue weighted by atomic mass is 10.0. The molecule has 156 valence electrons. The van der Waals surface area contributed by atoms with Gasteiger partial charge in [0.2, 0.25) is 0 Å². The first-order chi connectivity index (χ1) is 14.6. The fraction of sp³-hybridized carbons (Fsp3) is 0.348. The van der Waals surface area contributed by atoms with Crippen LogP contribution in [-0.2, 0) is 11.3 Å².